The highest BCUT2D eigenvalue weighted by Crippen LogP contribution is 2.20. The van der Waals surface area contributed by atoms with Gasteiger partial charge in [0, 0.05) is 35.8 Å². The zero-order chi connectivity index (χ0) is 11.5. The first-order valence-corrected chi connectivity index (χ1v) is 5.88. The second-order valence-corrected chi connectivity index (χ2v) is 4.40. The molecule has 0 amide bonds. The van der Waals surface area contributed by atoms with Crippen molar-refractivity contribution in [2.45, 2.75) is 19.5 Å². The molecule has 16 heavy (non-hydrogen) atoms. The van der Waals surface area contributed by atoms with E-state index in [1.165, 1.54) is 0 Å². The van der Waals surface area contributed by atoms with E-state index in [9.17, 15) is 0 Å². The number of imidazole rings is 1. The minimum atomic E-state index is -0.236. The maximum absolute atomic E-state index is 6.16. The van der Waals surface area contributed by atoms with Crippen molar-refractivity contribution >= 4 is 15.9 Å². The lowest BCUT2D eigenvalue weighted by Crippen LogP contribution is -2.17. The molecule has 4 nitrogen and oxygen atoms in total. The number of hydrogen-bond acceptors (Lipinski definition) is 3. The Morgan fingerprint density at radius 2 is 2.31 bits per heavy atom. The van der Waals surface area contributed by atoms with Gasteiger partial charge in [0.2, 0.25) is 0 Å². The van der Waals surface area contributed by atoms with Gasteiger partial charge in [-0.05, 0) is 34.5 Å². The molecule has 2 aromatic rings. The Kier molecular flexibility index (Phi) is 3.36. The second-order valence-electron chi connectivity index (χ2n) is 3.49. The molecular weight excluding hydrogens is 268 g/mol. The lowest BCUT2D eigenvalue weighted by molar-refractivity contribution is 0.655. The Bertz CT molecular complexity index is 480. The van der Waals surface area contributed by atoms with E-state index < -0.39 is 0 Å². The van der Waals surface area contributed by atoms with Gasteiger partial charge in [-0.25, -0.2) is 4.98 Å². The van der Waals surface area contributed by atoms with Crippen LogP contribution in [0, 0.1) is 0 Å². The van der Waals surface area contributed by atoms with Crippen LogP contribution in [0.1, 0.15) is 24.4 Å². The molecule has 0 aliphatic rings. The van der Waals surface area contributed by atoms with Crippen molar-refractivity contribution in [3.05, 3.63) is 46.7 Å². The van der Waals surface area contributed by atoms with Crippen molar-refractivity contribution in [1.29, 1.82) is 0 Å². The number of aromatic nitrogens is 3. The summed E-state index contributed by atoms with van der Waals surface area (Å²) in [6.07, 6.45) is 7.21. The van der Waals surface area contributed by atoms with Gasteiger partial charge in [-0.15, -0.1) is 0 Å². The predicted molar refractivity (Wildman–Crippen MR) is 65.9 cm³/mol. The molecule has 2 N–H and O–H groups in total. The summed E-state index contributed by atoms with van der Waals surface area (Å²) in [5, 5.41) is 0. The molecule has 0 radical (unpaired) electrons. The number of nitrogens with zero attached hydrogens (tertiary/aromatic N) is 3. The number of rotatable bonds is 3. The van der Waals surface area contributed by atoms with Crippen LogP contribution in [-0.2, 0) is 6.54 Å². The van der Waals surface area contributed by atoms with Crippen LogP contribution < -0.4 is 5.73 Å². The summed E-state index contributed by atoms with van der Waals surface area (Å²) in [6.45, 7) is 2.93. The molecule has 2 heterocycles. The van der Waals surface area contributed by atoms with E-state index in [0.29, 0.717) is 0 Å². The fraction of sp³-hybridized carbons (Fsp3) is 0.273. The zero-order valence-electron chi connectivity index (χ0n) is 8.97. The Balaban J connectivity index is 2.35. The second kappa shape index (κ2) is 4.76. The zero-order valence-corrected chi connectivity index (χ0v) is 10.6. The van der Waals surface area contributed by atoms with E-state index in [4.69, 9.17) is 5.73 Å². The van der Waals surface area contributed by atoms with Crippen molar-refractivity contribution in [2.75, 3.05) is 0 Å². The number of halogens is 1. The van der Waals surface area contributed by atoms with Crippen molar-refractivity contribution in [3.63, 3.8) is 0 Å². The monoisotopic (exact) mass is 280 g/mol. The molecule has 0 spiro atoms. The van der Waals surface area contributed by atoms with Crippen molar-refractivity contribution < 1.29 is 0 Å². The van der Waals surface area contributed by atoms with Crippen molar-refractivity contribution in [2.24, 2.45) is 5.73 Å². The highest BCUT2D eigenvalue weighted by molar-refractivity contribution is 9.10. The molecule has 2 rings (SSSR count). The van der Waals surface area contributed by atoms with E-state index >= 15 is 0 Å². The molecular formula is C11H13BrN4. The number of pyridine rings is 1. The summed E-state index contributed by atoms with van der Waals surface area (Å²) in [5.74, 6) is 0.863. The molecule has 0 aliphatic heterocycles. The molecule has 0 aliphatic carbocycles. The molecule has 0 saturated heterocycles. The predicted octanol–water partition coefficient (Wildman–Crippen LogP) is 2.11. The summed E-state index contributed by atoms with van der Waals surface area (Å²) in [4.78, 5) is 8.39. The van der Waals surface area contributed by atoms with Crippen LogP contribution in [0.5, 0.6) is 0 Å². The van der Waals surface area contributed by atoms with E-state index in [-0.39, 0.29) is 6.04 Å². The molecule has 84 valence electrons. The van der Waals surface area contributed by atoms with Crippen LogP contribution in [0.15, 0.2) is 35.3 Å². The third-order valence-electron chi connectivity index (χ3n) is 2.45. The maximum Gasteiger partial charge on any atom is 0.130 e. The fourth-order valence-electron chi connectivity index (χ4n) is 1.61. The summed E-state index contributed by atoms with van der Waals surface area (Å²) in [5.41, 5.74) is 7.12. The Hall–Kier alpha value is -1.20. The van der Waals surface area contributed by atoms with Gasteiger partial charge in [0.1, 0.15) is 5.82 Å². The average Bonchev–Trinajstić information content (AvgIpc) is 2.76. The van der Waals surface area contributed by atoms with Gasteiger partial charge in [-0.3, -0.25) is 4.98 Å². The Morgan fingerprint density at radius 1 is 1.50 bits per heavy atom. The van der Waals surface area contributed by atoms with Gasteiger partial charge >= 0.3 is 0 Å². The fourth-order valence-corrected chi connectivity index (χ4v) is 2.00. The molecule has 0 aromatic carbocycles. The lowest BCUT2D eigenvalue weighted by Gasteiger charge is -2.13. The largest absolute Gasteiger partial charge is 0.334 e. The van der Waals surface area contributed by atoms with Gasteiger partial charge in [-0.2, -0.15) is 0 Å². The van der Waals surface area contributed by atoms with Gasteiger partial charge < -0.3 is 10.3 Å². The van der Waals surface area contributed by atoms with E-state index in [1.54, 1.807) is 18.6 Å². The minimum absolute atomic E-state index is 0.236. The quantitative estimate of drug-likeness (QED) is 0.937. The number of aryl methyl sites for hydroxylation is 1. The summed E-state index contributed by atoms with van der Waals surface area (Å²) < 4.78 is 2.96. The van der Waals surface area contributed by atoms with Crippen LogP contribution in [0.2, 0.25) is 0 Å². The third-order valence-corrected chi connectivity index (χ3v) is 2.89. The maximum atomic E-state index is 6.16. The molecule has 1 atom stereocenters. The van der Waals surface area contributed by atoms with Crippen LogP contribution in [0.4, 0.5) is 0 Å². The van der Waals surface area contributed by atoms with E-state index in [1.807, 2.05) is 16.8 Å². The van der Waals surface area contributed by atoms with Gasteiger partial charge in [0.15, 0.2) is 0 Å². The summed E-state index contributed by atoms with van der Waals surface area (Å²) >= 11 is 3.38. The first-order chi connectivity index (χ1) is 7.72. The lowest BCUT2D eigenvalue weighted by atomic mass is 10.1. The molecule has 2 aromatic heterocycles. The first-order valence-electron chi connectivity index (χ1n) is 5.09. The number of hydrogen-bond donors (Lipinski definition) is 1. The van der Waals surface area contributed by atoms with Crippen LogP contribution in [-0.4, -0.2) is 14.5 Å². The summed E-state index contributed by atoms with van der Waals surface area (Å²) in [6, 6.07) is 1.73. The SMILES string of the molecule is CCn1ccnc1C(N)c1cncc(Br)c1. The molecule has 0 saturated carbocycles. The first kappa shape index (κ1) is 11.3. The van der Waals surface area contributed by atoms with Crippen molar-refractivity contribution in [1.82, 2.24) is 14.5 Å². The van der Waals surface area contributed by atoms with Crippen LogP contribution >= 0.6 is 15.9 Å². The topological polar surface area (TPSA) is 56.7 Å². The molecule has 5 heteroatoms. The van der Waals surface area contributed by atoms with Crippen LogP contribution in [0.25, 0.3) is 0 Å². The third kappa shape index (κ3) is 2.15. The smallest absolute Gasteiger partial charge is 0.130 e. The molecule has 0 fully saturated rings. The average molecular weight is 281 g/mol. The number of nitrogens with two attached hydrogens (primary N) is 1. The molecule has 0 bridgehead atoms. The van der Waals surface area contributed by atoms with Crippen LogP contribution in [0.3, 0.4) is 0 Å². The van der Waals surface area contributed by atoms with Gasteiger partial charge in [0.05, 0.1) is 6.04 Å². The van der Waals surface area contributed by atoms with Crippen molar-refractivity contribution in [3.8, 4) is 0 Å². The molecule has 1 unspecified atom stereocenters. The highest BCUT2D eigenvalue weighted by atomic mass is 79.9. The van der Waals surface area contributed by atoms with E-state index in [0.717, 1.165) is 22.4 Å². The highest BCUT2D eigenvalue weighted by Gasteiger charge is 2.14. The minimum Gasteiger partial charge on any atom is -0.334 e. The van der Waals surface area contributed by atoms with Gasteiger partial charge in [0.25, 0.3) is 0 Å². The normalized spacial score (nSPS) is 12.7. The summed E-state index contributed by atoms with van der Waals surface area (Å²) in [7, 11) is 0. The van der Waals surface area contributed by atoms with E-state index in [2.05, 4.69) is 32.8 Å². The van der Waals surface area contributed by atoms with Gasteiger partial charge in [-0.1, -0.05) is 0 Å². The Morgan fingerprint density at radius 3 is 3.00 bits per heavy atom. The standard InChI is InChI=1S/C11H13BrN4/c1-2-16-4-3-15-11(16)10(13)8-5-9(12)7-14-6-8/h3-7,10H,2,13H2,1H3. The Labute approximate surface area is 103 Å².